The molecule has 49 heavy (non-hydrogen) atoms. The van der Waals surface area contributed by atoms with E-state index in [2.05, 4.69) is 83.9 Å². The molecule has 1 aromatic heterocycles. The maximum absolute atomic E-state index is 15.7. The summed E-state index contributed by atoms with van der Waals surface area (Å²) in [4.78, 5) is 19.0. The van der Waals surface area contributed by atoms with Crippen molar-refractivity contribution in [2.45, 2.75) is 43.7 Å². The lowest BCUT2D eigenvalue weighted by Crippen LogP contribution is -2.56. The van der Waals surface area contributed by atoms with Gasteiger partial charge in [-0.05, 0) is 84.8 Å². The number of ketones is 1. The van der Waals surface area contributed by atoms with Crippen molar-refractivity contribution in [3.05, 3.63) is 169 Å². The van der Waals surface area contributed by atoms with Crippen LogP contribution in [0.25, 0.3) is 17.3 Å². The molecule has 0 spiro atoms. The van der Waals surface area contributed by atoms with Crippen LogP contribution in [-0.4, -0.2) is 28.0 Å². The first-order chi connectivity index (χ1) is 24.0. The van der Waals surface area contributed by atoms with Crippen molar-refractivity contribution in [1.82, 2.24) is 9.55 Å². The number of nitrogens with zero attached hydrogens (tertiary/aromatic N) is 2. The molecule has 4 aliphatic rings. The lowest BCUT2D eigenvalue weighted by Gasteiger charge is -2.58. The number of hydrogen-bond acceptors (Lipinski definition) is 3. The van der Waals surface area contributed by atoms with Crippen LogP contribution in [-0.2, 0) is 15.1 Å². The van der Waals surface area contributed by atoms with Crippen molar-refractivity contribution in [2.24, 2.45) is 23.2 Å². The van der Waals surface area contributed by atoms with Crippen molar-refractivity contribution in [3.63, 3.8) is 0 Å². The molecule has 0 saturated heterocycles. The molecule has 0 aliphatic heterocycles. The van der Waals surface area contributed by atoms with Crippen LogP contribution in [0.5, 0.6) is 0 Å². The van der Waals surface area contributed by atoms with Crippen LogP contribution in [0.2, 0.25) is 0 Å². The topological polar surface area (TPSA) is 44.1 Å². The summed E-state index contributed by atoms with van der Waals surface area (Å²) in [6.45, 7) is 4.38. The molecule has 2 atom stereocenters. The maximum atomic E-state index is 15.7. The number of benzene rings is 4. The molecule has 0 amide bonds. The quantitative estimate of drug-likeness (QED) is 0.0814. The van der Waals surface area contributed by atoms with Gasteiger partial charge in [-0.1, -0.05) is 109 Å². The summed E-state index contributed by atoms with van der Waals surface area (Å²) in [5, 5.41) is 0. The molecule has 246 valence electrons. The van der Waals surface area contributed by atoms with Crippen molar-refractivity contribution < 1.29 is 13.9 Å². The summed E-state index contributed by atoms with van der Waals surface area (Å²) in [6, 6.07) is 36.3. The Labute approximate surface area is 288 Å². The number of hydrogen-bond donors (Lipinski definition) is 0. The van der Waals surface area contributed by atoms with Crippen molar-refractivity contribution in [1.29, 1.82) is 0 Å². The van der Waals surface area contributed by atoms with Gasteiger partial charge in [0.15, 0.2) is 5.78 Å². The Morgan fingerprint density at radius 3 is 2.02 bits per heavy atom. The third kappa shape index (κ3) is 5.41. The third-order valence-corrected chi connectivity index (χ3v) is 11.4. The fourth-order valence-corrected chi connectivity index (χ4v) is 9.63. The number of imidazole rings is 1. The van der Waals surface area contributed by atoms with Crippen molar-refractivity contribution in [2.75, 3.05) is 6.61 Å². The van der Waals surface area contributed by atoms with Gasteiger partial charge in [0, 0.05) is 22.7 Å². The van der Waals surface area contributed by atoms with E-state index in [1.807, 2.05) is 42.9 Å². The normalized spacial score (nSPS) is 24.3. The Morgan fingerprint density at radius 2 is 1.45 bits per heavy atom. The second-order valence-electron chi connectivity index (χ2n) is 14.2. The number of carbonyl (C=O) groups excluding carboxylic acids is 1. The predicted molar refractivity (Wildman–Crippen MR) is 192 cm³/mol. The van der Waals surface area contributed by atoms with Crippen LogP contribution in [0, 0.1) is 29.0 Å². The van der Waals surface area contributed by atoms with Gasteiger partial charge < -0.3 is 9.30 Å². The standard InChI is InChI=1S/C44H41FN2O2/c1-2-23-49-42-32-24-31-25-33(42)28-43(26-31,27-32)41(48)22-21-37-38(19-12-20-39(37)45)40-29-47(30-46-40)44(34-13-6-3-7-14-34,35-15-8-4-9-16-35)36-17-10-5-11-18-36/h2-22,29-33,42H,1,23-28H2/b22-21+. The van der Waals surface area contributed by atoms with Crippen molar-refractivity contribution in [3.8, 4) is 11.3 Å². The molecule has 4 bridgehead atoms. The minimum Gasteiger partial charge on any atom is -0.374 e. The molecule has 4 aliphatic carbocycles. The van der Waals surface area contributed by atoms with E-state index in [-0.39, 0.29) is 23.1 Å². The van der Waals surface area contributed by atoms with E-state index in [9.17, 15) is 4.79 Å². The van der Waals surface area contributed by atoms with E-state index < -0.39 is 5.54 Å². The number of allylic oxidation sites excluding steroid dienone is 1. The lowest BCUT2D eigenvalue weighted by atomic mass is 9.47. The molecule has 5 heteroatoms. The predicted octanol–water partition coefficient (Wildman–Crippen LogP) is 9.51. The van der Waals surface area contributed by atoms with Crippen LogP contribution < -0.4 is 0 Å². The Balaban J connectivity index is 1.17. The summed E-state index contributed by atoms with van der Waals surface area (Å²) >= 11 is 0. The van der Waals surface area contributed by atoms with Gasteiger partial charge in [-0.2, -0.15) is 0 Å². The van der Waals surface area contributed by atoms with E-state index in [0.29, 0.717) is 41.2 Å². The SMILES string of the molecule is C=CCOC1C2CC3CC1CC(C(=O)/C=C/c1c(F)cccc1-c1cn(C(c4ccccc4)(c4ccccc4)c4ccccc4)cn1)(C3)C2. The molecule has 1 heterocycles. The first-order valence-corrected chi connectivity index (χ1v) is 17.5. The second kappa shape index (κ2) is 12.9. The van der Waals surface area contributed by atoms with E-state index in [1.165, 1.54) is 6.07 Å². The summed E-state index contributed by atoms with van der Waals surface area (Å²) in [5.41, 5.74) is 3.78. The summed E-state index contributed by atoms with van der Waals surface area (Å²) in [5.74, 6) is 1.10. The largest absolute Gasteiger partial charge is 0.374 e. The fourth-order valence-electron chi connectivity index (χ4n) is 9.63. The van der Waals surface area contributed by atoms with Crippen LogP contribution in [0.15, 0.2) is 140 Å². The highest BCUT2D eigenvalue weighted by atomic mass is 19.1. The molecule has 4 fully saturated rings. The highest BCUT2D eigenvalue weighted by Gasteiger charge is 2.58. The molecular weight excluding hydrogens is 607 g/mol. The van der Waals surface area contributed by atoms with Gasteiger partial charge in [0.2, 0.25) is 0 Å². The minimum atomic E-state index is -0.736. The van der Waals surface area contributed by atoms with Gasteiger partial charge in [0.25, 0.3) is 0 Å². The number of ether oxygens (including phenoxy) is 1. The Hall–Kier alpha value is -4.87. The van der Waals surface area contributed by atoms with E-state index in [0.717, 1.165) is 48.8 Å². The molecule has 0 N–H and O–H groups in total. The van der Waals surface area contributed by atoms with E-state index in [1.54, 1.807) is 18.2 Å². The minimum absolute atomic E-state index is 0.116. The summed E-state index contributed by atoms with van der Waals surface area (Å²) in [6.07, 6.45) is 14.1. The van der Waals surface area contributed by atoms with E-state index in [4.69, 9.17) is 9.72 Å². The zero-order valence-electron chi connectivity index (χ0n) is 27.6. The fraction of sp³-hybridized carbons (Fsp3) is 0.273. The van der Waals surface area contributed by atoms with Crippen molar-refractivity contribution >= 4 is 11.9 Å². The molecule has 4 aromatic carbocycles. The zero-order chi connectivity index (χ0) is 33.4. The molecule has 5 aromatic rings. The molecular formula is C44H41FN2O2. The molecule has 9 rings (SSSR count). The van der Waals surface area contributed by atoms with Gasteiger partial charge in [0.1, 0.15) is 11.4 Å². The molecule has 0 radical (unpaired) electrons. The van der Waals surface area contributed by atoms with Gasteiger partial charge >= 0.3 is 0 Å². The number of rotatable bonds is 11. The monoisotopic (exact) mass is 648 g/mol. The van der Waals surface area contributed by atoms with Gasteiger partial charge in [-0.3, -0.25) is 4.79 Å². The number of aromatic nitrogens is 2. The first-order valence-electron chi connectivity index (χ1n) is 17.5. The lowest BCUT2D eigenvalue weighted by molar-refractivity contribution is -0.166. The van der Waals surface area contributed by atoms with E-state index >= 15 is 4.39 Å². The van der Waals surface area contributed by atoms with Crippen LogP contribution in [0.3, 0.4) is 0 Å². The highest BCUT2D eigenvalue weighted by molar-refractivity contribution is 5.99. The summed E-state index contributed by atoms with van der Waals surface area (Å²) < 4.78 is 24.1. The molecule has 4 saturated carbocycles. The van der Waals surface area contributed by atoms with Gasteiger partial charge in [-0.25, -0.2) is 9.37 Å². The average Bonchev–Trinajstić information content (AvgIpc) is 3.62. The van der Waals surface area contributed by atoms with Crippen LogP contribution in [0.1, 0.15) is 54.4 Å². The smallest absolute Gasteiger partial charge is 0.161 e. The molecule has 4 nitrogen and oxygen atoms in total. The Bertz CT molecular complexity index is 1870. The van der Waals surface area contributed by atoms with Crippen LogP contribution >= 0.6 is 0 Å². The third-order valence-electron chi connectivity index (χ3n) is 11.4. The zero-order valence-corrected chi connectivity index (χ0v) is 27.6. The number of carbonyl (C=O) groups is 1. The van der Waals surface area contributed by atoms with Gasteiger partial charge in [-0.15, -0.1) is 6.58 Å². The second-order valence-corrected chi connectivity index (χ2v) is 14.2. The first kappa shape index (κ1) is 31.4. The average molecular weight is 649 g/mol. The maximum Gasteiger partial charge on any atom is 0.161 e. The van der Waals surface area contributed by atoms with Crippen LogP contribution in [0.4, 0.5) is 4.39 Å². The molecule has 2 unspecified atom stereocenters. The Kier molecular flexibility index (Phi) is 8.25. The highest BCUT2D eigenvalue weighted by Crippen LogP contribution is 2.61. The Morgan fingerprint density at radius 1 is 0.857 bits per heavy atom. The summed E-state index contributed by atoms with van der Waals surface area (Å²) in [7, 11) is 0. The van der Waals surface area contributed by atoms with Gasteiger partial charge in [0.05, 0.1) is 24.7 Å². The number of halogens is 1.